The molecule has 0 unspecified atom stereocenters. The van der Waals surface area contributed by atoms with Crippen LogP contribution >= 0.6 is 11.6 Å². The molecule has 2 aromatic carbocycles. The Morgan fingerprint density at radius 1 is 1.26 bits per heavy atom. The Morgan fingerprint density at radius 2 is 2.05 bits per heavy atom. The van der Waals surface area contributed by atoms with Gasteiger partial charge in [-0.2, -0.15) is 0 Å². The van der Waals surface area contributed by atoms with Gasteiger partial charge in [-0.25, -0.2) is 0 Å². The zero-order chi connectivity index (χ0) is 13.8. The molecule has 4 heteroatoms. The lowest BCUT2D eigenvalue weighted by atomic mass is 10.1. The van der Waals surface area contributed by atoms with Crippen molar-refractivity contribution < 1.29 is 9.90 Å². The van der Waals surface area contributed by atoms with Gasteiger partial charge in [0.05, 0.1) is 5.56 Å². The van der Waals surface area contributed by atoms with E-state index in [4.69, 9.17) is 11.6 Å². The maximum Gasteiger partial charge on any atom is 0.255 e. The number of hydrogen-bond acceptors (Lipinski definition) is 2. The minimum atomic E-state index is -0.323. The lowest BCUT2D eigenvalue weighted by Crippen LogP contribution is -2.22. The lowest BCUT2D eigenvalue weighted by Gasteiger charge is -2.07. The third kappa shape index (κ3) is 3.48. The van der Waals surface area contributed by atoms with Gasteiger partial charge in [0.15, 0.2) is 0 Å². The Hall–Kier alpha value is -2.00. The van der Waals surface area contributed by atoms with E-state index in [0.717, 1.165) is 11.1 Å². The van der Waals surface area contributed by atoms with E-state index in [2.05, 4.69) is 5.32 Å². The highest BCUT2D eigenvalue weighted by atomic mass is 35.5. The van der Waals surface area contributed by atoms with E-state index in [-0.39, 0.29) is 17.2 Å². The number of aromatic hydroxyl groups is 1. The third-order valence-electron chi connectivity index (χ3n) is 2.74. The molecule has 0 saturated carbocycles. The SMILES string of the molecule is Cc1cccc(CNC(=O)c2ccc(Cl)cc2O)c1. The third-order valence-corrected chi connectivity index (χ3v) is 2.98. The van der Waals surface area contributed by atoms with Crippen molar-refractivity contribution in [2.45, 2.75) is 13.5 Å². The fourth-order valence-corrected chi connectivity index (χ4v) is 1.96. The summed E-state index contributed by atoms with van der Waals surface area (Å²) in [5.74, 6) is -0.440. The van der Waals surface area contributed by atoms with Crippen LogP contribution in [0.25, 0.3) is 0 Å². The Balaban J connectivity index is 2.05. The van der Waals surface area contributed by atoms with Crippen molar-refractivity contribution in [3.05, 3.63) is 64.2 Å². The van der Waals surface area contributed by atoms with E-state index in [1.165, 1.54) is 12.1 Å². The zero-order valence-corrected chi connectivity index (χ0v) is 11.2. The Bertz CT molecular complexity index is 611. The highest BCUT2D eigenvalue weighted by molar-refractivity contribution is 6.30. The van der Waals surface area contributed by atoms with Gasteiger partial charge in [-0.3, -0.25) is 4.79 Å². The highest BCUT2D eigenvalue weighted by Crippen LogP contribution is 2.21. The summed E-state index contributed by atoms with van der Waals surface area (Å²) in [4.78, 5) is 11.9. The predicted molar refractivity (Wildman–Crippen MR) is 75.5 cm³/mol. The van der Waals surface area contributed by atoms with E-state index < -0.39 is 0 Å². The highest BCUT2D eigenvalue weighted by Gasteiger charge is 2.10. The summed E-state index contributed by atoms with van der Waals surface area (Å²) in [6.07, 6.45) is 0. The number of nitrogens with one attached hydrogen (secondary N) is 1. The molecular weight excluding hydrogens is 262 g/mol. The number of aryl methyl sites for hydroxylation is 1. The topological polar surface area (TPSA) is 49.3 Å². The van der Waals surface area contributed by atoms with Crippen LogP contribution in [0, 0.1) is 6.92 Å². The summed E-state index contributed by atoms with van der Waals surface area (Å²) < 4.78 is 0. The molecule has 1 amide bonds. The molecule has 0 aromatic heterocycles. The molecule has 0 heterocycles. The fraction of sp³-hybridized carbons (Fsp3) is 0.133. The second kappa shape index (κ2) is 5.76. The van der Waals surface area contributed by atoms with Crippen LogP contribution in [0.4, 0.5) is 0 Å². The largest absolute Gasteiger partial charge is 0.507 e. The van der Waals surface area contributed by atoms with Crippen LogP contribution < -0.4 is 5.32 Å². The summed E-state index contributed by atoms with van der Waals surface area (Å²) in [7, 11) is 0. The summed E-state index contributed by atoms with van der Waals surface area (Å²) in [5.41, 5.74) is 2.37. The minimum absolute atomic E-state index is 0.116. The average molecular weight is 276 g/mol. The van der Waals surface area contributed by atoms with Gasteiger partial charge in [0.1, 0.15) is 5.75 Å². The number of rotatable bonds is 3. The van der Waals surface area contributed by atoms with Crippen molar-refractivity contribution in [1.29, 1.82) is 0 Å². The summed E-state index contributed by atoms with van der Waals surface area (Å²) in [6.45, 7) is 2.42. The first-order valence-corrected chi connectivity index (χ1v) is 6.26. The molecule has 0 radical (unpaired) electrons. The van der Waals surface area contributed by atoms with Crippen LogP contribution in [0.1, 0.15) is 21.5 Å². The van der Waals surface area contributed by atoms with Gasteiger partial charge >= 0.3 is 0 Å². The fourth-order valence-electron chi connectivity index (χ4n) is 1.80. The number of hydrogen-bond donors (Lipinski definition) is 2. The smallest absolute Gasteiger partial charge is 0.255 e. The average Bonchev–Trinajstić information content (AvgIpc) is 2.36. The summed E-state index contributed by atoms with van der Waals surface area (Å²) >= 11 is 5.72. The lowest BCUT2D eigenvalue weighted by molar-refractivity contribution is 0.0948. The quantitative estimate of drug-likeness (QED) is 0.903. The minimum Gasteiger partial charge on any atom is -0.507 e. The number of carbonyl (C=O) groups excluding carboxylic acids is 1. The van der Waals surface area contributed by atoms with E-state index in [0.29, 0.717) is 11.6 Å². The first-order chi connectivity index (χ1) is 9.06. The molecule has 2 N–H and O–H groups in total. The Morgan fingerprint density at radius 3 is 2.74 bits per heavy atom. The van der Waals surface area contributed by atoms with Gasteiger partial charge in [0.2, 0.25) is 0 Å². The first kappa shape index (κ1) is 13.4. The number of phenols is 1. The second-order valence-corrected chi connectivity index (χ2v) is 4.77. The molecule has 0 aliphatic rings. The molecule has 2 rings (SSSR count). The van der Waals surface area contributed by atoms with Crippen molar-refractivity contribution in [3.8, 4) is 5.75 Å². The van der Waals surface area contributed by atoms with Crippen LogP contribution in [0.2, 0.25) is 5.02 Å². The molecule has 19 heavy (non-hydrogen) atoms. The number of halogens is 1. The summed E-state index contributed by atoms with van der Waals surface area (Å²) in [6, 6.07) is 12.3. The second-order valence-electron chi connectivity index (χ2n) is 4.33. The van der Waals surface area contributed by atoms with Gasteiger partial charge in [0, 0.05) is 11.6 Å². The van der Waals surface area contributed by atoms with E-state index in [1.54, 1.807) is 6.07 Å². The molecule has 2 aromatic rings. The number of phenolic OH excluding ortho intramolecular Hbond substituents is 1. The van der Waals surface area contributed by atoms with Crippen molar-refractivity contribution >= 4 is 17.5 Å². The van der Waals surface area contributed by atoms with Crippen molar-refractivity contribution in [2.75, 3.05) is 0 Å². The molecule has 0 aliphatic carbocycles. The molecule has 98 valence electrons. The van der Waals surface area contributed by atoms with Crippen LogP contribution in [0.3, 0.4) is 0 Å². The van der Waals surface area contributed by atoms with Crippen molar-refractivity contribution in [1.82, 2.24) is 5.32 Å². The molecular formula is C15H14ClNO2. The Labute approximate surface area is 116 Å². The normalized spacial score (nSPS) is 10.2. The van der Waals surface area contributed by atoms with Crippen LogP contribution in [0.15, 0.2) is 42.5 Å². The molecule has 0 bridgehead atoms. The van der Waals surface area contributed by atoms with Crippen molar-refractivity contribution in [3.63, 3.8) is 0 Å². The maximum absolute atomic E-state index is 11.9. The first-order valence-electron chi connectivity index (χ1n) is 5.88. The van der Waals surface area contributed by atoms with Gasteiger partial charge < -0.3 is 10.4 Å². The molecule has 0 spiro atoms. The zero-order valence-electron chi connectivity index (χ0n) is 10.5. The van der Waals surface area contributed by atoms with Gasteiger partial charge in [-0.05, 0) is 30.7 Å². The van der Waals surface area contributed by atoms with Gasteiger partial charge in [-0.15, -0.1) is 0 Å². The van der Waals surface area contributed by atoms with Crippen molar-refractivity contribution in [2.24, 2.45) is 0 Å². The molecule has 0 aliphatic heterocycles. The monoisotopic (exact) mass is 275 g/mol. The predicted octanol–water partition coefficient (Wildman–Crippen LogP) is 3.28. The molecule has 0 saturated heterocycles. The van der Waals surface area contributed by atoms with Crippen LogP contribution in [0.5, 0.6) is 5.75 Å². The van der Waals surface area contributed by atoms with E-state index >= 15 is 0 Å². The standard InChI is InChI=1S/C15H14ClNO2/c1-10-3-2-4-11(7-10)9-17-15(19)13-6-5-12(16)8-14(13)18/h2-8,18H,9H2,1H3,(H,17,19). The van der Waals surface area contributed by atoms with E-state index in [9.17, 15) is 9.90 Å². The van der Waals surface area contributed by atoms with Gasteiger partial charge in [-0.1, -0.05) is 41.4 Å². The van der Waals surface area contributed by atoms with E-state index in [1.807, 2.05) is 31.2 Å². The number of amides is 1. The number of carbonyl (C=O) groups is 1. The van der Waals surface area contributed by atoms with Crippen LogP contribution in [-0.2, 0) is 6.54 Å². The molecule has 3 nitrogen and oxygen atoms in total. The van der Waals surface area contributed by atoms with Crippen LogP contribution in [-0.4, -0.2) is 11.0 Å². The van der Waals surface area contributed by atoms with Gasteiger partial charge in [0.25, 0.3) is 5.91 Å². The number of benzene rings is 2. The Kier molecular flexibility index (Phi) is 4.07. The maximum atomic E-state index is 11.9. The molecule has 0 fully saturated rings. The molecule has 0 atom stereocenters. The summed E-state index contributed by atoms with van der Waals surface area (Å²) in [5, 5.41) is 12.8.